The Morgan fingerprint density at radius 3 is 2.48 bits per heavy atom. The summed E-state index contributed by atoms with van der Waals surface area (Å²) in [5.41, 5.74) is 1.37. The zero-order valence-corrected chi connectivity index (χ0v) is 17.0. The first kappa shape index (κ1) is 20.2. The van der Waals surface area contributed by atoms with E-state index < -0.39 is 10.0 Å². The van der Waals surface area contributed by atoms with Crippen LogP contribution < -0.4 is 0 Å². The van der Waals surface area contributed by atoms with Gasteiger partial charge in [-0.25, -0.2) is 8.42 Å². The number of carbonyl (C=O) groups excluding carboxylic acids is 1. The van der Waals surface area contributed by atoms with Crippen molar-refractivity contribution in [1.82, 2.24) is 9.21 Å². The molecule has 2 rings (SSSR count). The Hall–Kier alpha value is -1.11. The number of aryl methyl sites for hydroxylation is 2. The maximum Gasteiger partial charge on any atom is 0.243 e. The van der Waals surface area contributed by atoms with Crippen LogP contribution in [0.4, 0.5) is 0 Å². The summed E-state index contributed by atoms with van der Waals surface area (Å²) < 4.78 is 27.7. The van der Waals surface area contributed by atoms with E-state index in [4.69, 9.17) is 11.6 Å². The second-order valence-electron chi connectivity index (χ2n) is 6.58. The molecular weight excluding hydrogens is 360 g/mol. The largest absolute Gasteiger partial charge is 0.343 e. The minimum atomic E-state index is -3.63. The summed E-state index contributed by atoms with van der Waals surface area (Å²) in [5.74, 6) is -0.217. The highest BCUT2D eigenvalue weighted by molar-refractivity contribution is 7.89. The highest BCUT2D eigenvalue weighted by Gasteiger charge is 2.35. The number of halogens is 1. The van der Waals surface area contributed by atoms with E-state index in [1.165, 1.54) is 4.31 Å². The molecule has 1 atom stereocenters. The lowest BCUT2D eigenvalue weighted by Crippen LogP contribution is -2.46. The fraction of sp³-hybridized carbons (Fsp3) is 0.611. The Morgan fingerprint density at radius 1 is 1.24 bits per heavy atom. The maximum atomic E-state index is 13.1. The van der Waals surface area contributed by atoms with E-state index >= 15 is 0 Å². The van der Waals surface area contributed by atoms with Crippen LogP contribution in [-0.4, -0.2) is 49.7 Å². The van der Waals surface area contributed by atoms with Gasteiger partial charge in [0.1, 0.15) is 0 Å². The van der Waals surface area contributed by atoms with Crippen molar-refractivity contribution in [2.75, 3.05) is 26.2 Å². The molecule has 1 unspecified atom stereocenters. The third-order valence-electron chi connectivity index (χ3n) is 4.88. The molecule has 0 aliphatic carbocycles. The molecule has 1 amide bonds. The predicted molar refractivity (Wildman–Crippen MR) is 100 cm³/mol. The van der Waals surface area contributed by atoms with Gasteiger partial charge in [0.05, 0.1) is 10.8 Å². The highest BCUT2D eigenvalue weighted by Crippen LogP contribution is 2.29. The standard InChI is InChI=1S/C18H27ClN2O3S/c1-5-20(6-2)18(22)15-8-7-9-21(12-15)25(23,24)17-11-13(3)16(19)10-14(17)4/h10-11,15H,5-9,12H2,1-4H3. The van der Waals surface area contributed by atoms with Crippen molar-refractivity contribution in [2.45, 2.75) is 45.4 Å². The molecule has 0 aromatic heterocycles. The molecule has 0 saturated carbocycles. The first-order valence-corrected chi connectivity index (χ1v) is 10.6. The van der Waals surface area contributed by atoms with Crippen LogP contribution in [0, 0.1) is 19.8 Å². The normalized spacial score (nSPS) is 19.0. The lowest BCUT2D eigenvalue weighted by atomic mass is 9.98. The number of benzene rings is 1. The van der Waals surface area contributed by atoms with Gasteiger partial charge in [0.15, 0.2) is 0 Å². The fourth-order valence-electron chi connectivity index (χ4n) is 3.33. The van der Waals surface area contributed by atoms with Gasteiger partial charge in [0, 0.05) is 31.2 Å². The number of hydrogen-bond acceptors (Lipinski definition) is 3. The van der Waals surface area contributed by atoms with Crippen LogP contribution in [0.2, 0.25) is 5.02 Å². The number of amides is 1. The molecule has 1 heterocycles. The summed E-state index contributed by atoms with van der Waals surface area (Å²) in [5, 5.41) is 0.560. The third-order valence-corrected chi connectivity index (χ3v) is 7.30. The molecule has 0 spiro atoms. The Bertz CT molecular complexity index is 745. The quantitative estimate of drug-likeness (QED) is 0.780. The molecule has 1 aliphatic rings. The van der Waals surface area contributed by atoms with E-state index in [0.717, 1.165) is 12.0 Å². The lowest BCUT2D eigenvalue weighted by molar-refractivity contribution is -0.136. The monoisotopic (exact) mass is 386 g/mol. The van der Waals surface area contributed by atoms with Crippen molar-refractivity contribution in [3.63, 3.8) is 0 Å². The predicted octanol–water partition coefficient (Wildman–Crippen LogP) is 3.23. The number of rotatable bonds is 5. The number of carbonyl (C=O) groups is 1. The van der Waals surface area contributed by atoms with Gasteiger partial charge in [-0.05, 0) is 63.8 Å². The van der Waals surface area contributed by atoms with Crippen LogP contribution in [-0.2, 0) is 14.8 Å². The fourth-order valence-corrected chi connectivity index (χ4v) is 5.36. The Labute approximate surface area is 156 Å². The second kappa shape index (κ2) is 8.06. The van der Waals surface area contributed by atoms with Crippen LogP contribution >= 0.6 is 11.6 Å². The molecule has 7 heteroatoms. The number of sulfonamides is 1. The van der Waals surface area contributed by atoms with Gasteiger partial charge >= 0.3 is 0 Å². The molecule has 1 aromatic carbocycles. The Kier molecular flexibility index (Phi) is 6.51. The second-order valence-corrected chi connectivity index (χ2v) is 8.89. The van der Waals surface area contributed by atoms with E-state index in [1.807, 2.05) is 13.8 Å². The summed E-state index contributed by atoms with van der Waals surface area (Å²) >= 11 is 6.09. The van der Waals surface area contributed by atoms with Gasteiger partial charge in [-0.15, -0.1) is 0 Å². The van der Waals surface area contributed by atoms with E-state index in [2.05, 4.69) is 0 Å². The molecule has 1 aliphatic heterocycles. The highest BCUT2D eigenvalue weighted by atomic mass is 35.5. The van der Waals surface area contributed by atoms with E-state index in [1.54, 1.807) is 30.9 Å². The molecular formula is C18H27ClN2O3S. The van der Waals surface area contributed by atoms with Crippen LogP contribution in [0.1, 0.15) is 37.8 Å². The minimum absolute atomic E-state index is 0.0499. The third kappa shape index (κ3) is 4.18. The summed E-state index contributed by atoms with van der Waals surface area (Å²) in [7, 11) is -3.63. The minimum Gasteiger partial charge on any atom is -0.343 e. The molecule has 0 radical (unpaired) electrons. The van der Waals surface area contributed by atoms with Gasteiger partial charge in [0.2, 0.25) is 15.9 Å². The first-order valence-electron chi connectivity index (χ1n) is 8.78. The summed E-state index contributed by atoms with van der Waals surface area (Å²) in [6, 6.07) is 3.31. The van der Waals surface area contributed by atoms with Crippen molar-refractivity contribution in [1.29, 1.82) is 0 Å². The molecule has 25 heavy (non-hydrogen) atoms. The van der Waals surface area contributed by atoms with Crippen molar-refractivity contribution in [2.24, 2.45) is 5.92 Å². The summed E-state index contributed by atoms with van der Waals surface area (Å²) in [4.78, 5) is 14.7. The summed E-state index contributed by atoms with van der Waals surface area (Å²) in [6.07, 6.45) is 1.43. The van der Waals surface area contributed by atoms with Crippen molar-refractivity contribution in [3.8, 4) is 0 Å². The topological polar surface area (TPSA) is 57.7 Å². The van der Waals surface area contributed by atoms with Gasteiger partial charge < -0.3 is 4.90 Å². The van der Waals surface area contributed by atoms with Crippen molar-refractivity contribution < 1.29 is 13.2 Å². The molecule has 0 bridgehead atoms. The molecule has 1 saturated heterocycles. The van der Waals surface area contributed by atoms with E-state index in [0.29, 0.717) is 36.6 Å². The van der Waals surface area contributed by atoms with Crippen LogP contribution in [0.5, 0.6) is 0 Å². The zero-order chi connectivity index (χ0) is 18.8. The Morgan fingerprint density at radius 2 is 1.88 bits per heavy atom. The summed E-state index contributed by atoms with van der Waals surface area (Å²) in [6.45, 7) is 9.42. The smallest absolute Gasteiger partial charge is 0.243 e. The van der Waals surface area contributed by atoms with E-state index in [9.17, 15) is 13.2 Å². The Balaban J connectivity index is 2.28. The number of hydrogen-bond donors (Lipinski definition) is 0. The van der Waals surface area contributed by atoms with Gasteiger partial charge in [-0.2, -0.15) is 4.31 Å². The molecule has 5 nitrogen and oxygen atoms in total. The average Bonchev–Trinajstić information content (AvgIpc) is 2.59. The lowest BCUT2D eigenvalue weighted by Gasteiger charge is -2.34. The van der Waals surface area contributed by atoms with Gasteiger partial charge in [-0.1, -0.05) is 11.6 Å². The van der Waals surface area contributed by atoms with Crippen LogP contribution in [0.15, 0.2) is 17.0 Å². The average molecular weight is 387 g/mol. The van der Waals surface area contributed by atoms with Crippen LogP contribution in [0.25, 0.3) is 0 Å². The SMILES string of the molecule is CCN(CC)C(=O)C1CCCN(S(=O)(=O)c2cc(C)c(Cl)cc2C)C1. The van der Waals surface area contributed by atoms with Crippen molar-refractivity contribution >= 4 is 27.5 Å². The maximum absolute atomic E-state index is 13.1. The number of nitrogens with zero attached hydrogens (tertiary/aromatic N) is 2. The molecule has 0 N–H and O–H groups in total. The van der Waals surface area contributed by atoms with Crippen LogP contribution in [0.3, 0.4) is 0 Å². The van der Waals surface area contributed by atoms with Crippen molar-refractivity contribution in [3.05, 3.63) is 28.3 Å². The van der Waals surface area contributed by atoms with E-state index in [-0.39, 0.29) is 23.3 Å². The van der Waals surface area contributed by atoms with Gasteiger partial charge in [-0.3, -0.25) is 4.79 Å². The molecule has 1 fully saturated rings. The number of piperidine rings is 1. The molecule has 140 valence electrons. The van der Waals surface area contributed by atoms with Gasteiger partial charge in [0.25, 0.3) is 0 Å². The molecule has 1 aromatic rings. The first-order chi connectivity index (χ1) is 11.7. The zero-order valence-electron chi connectivity index (χ0n) is 15.4.